The van der Waals surface area contributed by atoms with Gasteiger partial charge in [-0.1, -0.05) is 158 Å². The topological polar surface area (TPSA) is 69.9 Å². The number of para-hydroxylation sites is 5. The van der Waals surface area contributed by atoms with Crippen LogP contribution in [0.15, 0.2) is 215 Å². The van der Waals surface area contributed by atoms with Crippen molar-refractivity contribution in [3.63, 3.8) is 0 Å². The highest BCUT2D eigenvalue weighted by molar-refractivity contribution is 6.15. The molecular weight excluding hydrogens is 773 g/mol. The van der Waals surface area contributed by atoms with E-state index >= 15 is 0 Å². The van der Waals surface area contributed by atoms with Crippen LogP contribution in [0.3, 0.4) is 0 Å². The molecule has 0 N–H and O–H groups in total. The van der Waals surface area contributed by atoms with Gasteiger partial charge in [0, 0.05) is 49.0 Å². The van der Waals surface area contributed by atoms with E-state index in [1.165, 1.54) is 21.8 Å². The predicted molar refractivity (Wildman–Crippen MR) is 256 cm³/mol. The summed E-state index contributed by atoms with van der Waals surface area (Å²) in [6.07, 6.45) is 0. The van der Waals surface area contributed by atoms with E-state index in [4.69, 9.17) is 23.8 Å². The highest BCUT2D eigenvalue weighted by Gasteiger charge is 2.21. The predicted octanol–water partition coefficient (Wildman–Crippen LogP) is 15.1. The molecule has 4 aromatic heterocycles. The summed E-state index contributed by atoms with van der Waals surface area (Å²) in [5.74, 6) is 1.63. The quantitative estimate of drug-likeness (QED) is 0.167. The molecule has 294 valence electrons. The summed E-state index contributed by atoms with van der Waals surface area (Å²) < 4.78 is 15.6. The number of rotatable bonds is 6. The van der Waals surface area contributed by atoms with Crippen LogP contribution >= 0.6 is 0 Å². The Morgan fingerprint density at radius 2 is 0.873 bits per heavy atom. The van der Waals surface area contributed by atoms with Crippen molar-refractivity contribution in [1.82, 2.24) is 19.5 Å². The van der Waals surface area contributed by atoms with Gasteiger partial charge in [-0.25, -0.2) is 15.0 Å². The molecule has 0 fully saturated rings. The van der Waals surface area contributed by atoms with Gasteiger partial charge in [0.05, 0.1) is 22.3 Å². The third kappa shape index (κ3) is 5.62. The van der Waals surface area contributed by atoms with Crippen molar-refractivity contribution < 1.29 is 8.83 Å². The van der Waals surface area contributed by atoms with Crippen molar-refractivity contribution >= 4 is 65.7 Å². The lowest BCUT2D eigenvalue weighted by atomic mass is 9.97. The van der Waals surface area contributed by atoms with Gasteiger partial charge in [-0.3, -0.25) is 0 Å². The number of hydrogen-bond donors (Lipinski definition) is 0. The molecule has 0 aliphatic carbocycles. The van der Waals surface area contributed by atoms with Gasteiger partial charge in [0.1, 0.15) is 22.3 Å². The molecule has 0 aliphatic rings. The summed E-state index contributed by atoms with van der Waals surface area (Å²) in [5, 5.41) is 6.58. The minimum absolute atomic E-state index is 0.528. The monoisotopic (exact) mass is 806 g/mol. The number of benzene rings is 9. The summed E-state index contributed by atoms with van der Waals surface area (Å²) in [6, 6.07) is 71.5. The first-order valence-corrected chi connectivity index (χ1v) is 21.1. The Balaban J connectivity index is 0.977. The molecule has 0 radical (unpaired) electrons. The molecule has 0 saturated heterocycles. The summed E-state index contributed by atoms with van der Waals surface area (Å²) in [5.41, 5.74) is 13.5. The highest BCUT2D eigenvalue weighted by Crippen LogP contribution is 2.43. The number of nitrogens with zero attached hydrogens (tertiary/aromatic N) is 4. The lowest BCUT2D eigenvalue weighted by Gasteiger charge is -2.14. The molecule has 0 spiro atoms. The van der Waals surface area contributed by atoms with Crippen LogP contribution in [0.1, 0.15) is 0 Å². The maximum absolute atomic E-state index is 6.73. The molecule has 0 bridgehead atoms. The van der Waals surface area contributed by atoms with Gasteiger partial charge in [0.15, 0.2) is 17.5 Å². The van der Waals surface area contributed by atoms with E-state index in [9.17, 15) is 0 Å². The van der Waals surface area contributed by atoms with E-state index in [0.717, 1.165) is 88.5 Å². The Bertz CT molecular complexity index is 3860. The van der Waals surface area contributed by atoms with E-state index in [0.29, 0.717) is 17.5 Å². The fourth-order valence-electron chi connectivity index (χ4n) is 9.39. The number of hydrogen-bond acceptors (Lipinski definition) is 5. The maximum atomic E-state index is 6.73. The summed E-state index contributed by atoms with van der Waals surface area (Å²) in [7, 11) is 0. The number of aromatic nitrogens is 4. The van der Waals surface area contributed by atoms with Crippen LogP contribution in [0.4, 0.5) is 0 Å². The van der Waals surface area contributed by atoms with Crippen molar-refractivity contribution in [2.45, 2.75) is 0 Å². The Labute approximate surface area is 361 Å². The molecule has 13 rings (SSSR count). The van der Waals surface area contributed by atoms with Gasteiger partial charge in [-0.2, -0.15) is 0 Å². The second-order valence-electron chi connectivity index (χ2n) is 15.9. The van der Waals surface area contributed by atoms with Gasteiger partial charge in [0.2, 0.25) is 0 Å². The molecule has 4 heterocycles. The Morgan fingerprint density at radius 3 is 1.68 bits per heavy atom. The van der Waals surface area contributed by atoms with E-state index in [2.05, 4.69) is 168 Å². The SMILES string of the molecule is c1ccc(-c2ccc(-c3nc(-c4ccc5c(c4)oc4cccc(-c6ccccc6-n6c7ccccc7c7ccccc76)c45)nc(-c4cccc5c4oc4ccccc45)n3)cc2)cc1. The largest absolute Gasteiger partial charge is 0.456 e. The van der Waals surface area contributed by atoms with Crippen LogP contribution in [-0.4, -0.2) is 19.5 Å². The molecule has 6 heteroatoms. The van der Waals surface area contributed by atoms with E-state index in [-0.39, 0.29) is 0 Å². The molecule has 63 heavy (non-hydrogen) atoms. The minimum Gasteiger partial charge on any atom is -0.456 e. The van der Waals surface area contributed by atoms with Crippen LogP contribution in [0.5, 0.6) is 0 Å². The summed E-state index contributed by atoms with van der Waals surface area (Å²) in [6.45, 7) is 0. The second kappa shape index (κ2) is 14.0. The Hall–Kier alpha value is -8.61. The zero-order valence-corrected chi connectivity index (χ0v) is 33.7. The first kappa shape index (κ1) is 35.2. The van der Waals surface area contributed by atoms with Crippen molar-refractivity contribution in [3.8, 4) is 62.1 Å². The normalized spacial score (nSPS) is 11.8. The van der Waals surface area contributed by atoms with Gasteiger partial charge < -0.3 is 13.4 Å². The molecule has 0 saturated carbocycles. The molecular formula is C57H34N4O2. The average Bonchev–Trinajstić information content (AvgIpc) is 4.04. The fraction of sp³-hybridized carbons (Fsp3) is 0. The summed E-state index contributed by atoms with van der Waals surface area (Å²) >= 11 is 0. The standard InChI is InChI=1S/C57H34N4O2/c1-2-14-35(15-3-1)36-28-30-37(31-29-36)55-58-56(60-57(59-55)46-22-12-21-44-42-19-7-11-26-50(42)63-54(44)46)38-32-33-45-52(34-38)62-51-27-13-20-43(53(45)51)41-18-6-10-25-49(41)61-47-23-8-4-16-39(47)40-17-5-9-24-48(40)61/h1-34H. The third-order valence-corrected chi connectivity index (χ3v) is 12.3. The van der Waals surface area contributed by atoms with Crippen LogP contribution in [0, 0.1) is 0 Å². The lowest BCUT2D eigenvalue weighted by molar-refractivity contribution is 0.668. The highest BCUT2D eigenvalue weighted by atomic mass is 16.3. The van der Waals surface area contributed by atoms with Crippen LogP contribution in [0.2, 0.25) is 0 Å². The Morgan fingerprint density at radius 1 is 0.317 bits per heavy atom. The maximum Gasteiger partial charge on any atom is 0.167 e. The molecule has 13 aromatic rings. The van der Waals surface area contributed by atoms with Gasteiger partial charge >= 0.3 is 0 Å². The van der Waals surface area contributed by atoms with Crippen LogP contribution < -0.4 is 0 Å². The fourth-order valence-corrected chi connectivity index (χ4v) is 9.39. The smallest absolute Gasteiger partial charge is 0.167 e. The second-order valence-corrected chi connectivity index (χ2v) is 15.9. The van der Waals surface area contributed by atoms with Gasteiger partial charge in [0.25, 0.3) is 0 Å². The first-order valence-electron chi connectivity index (χ1n) is 21.1. The minimum atomic E-state index is 0.528. The Kier molecular flexibility index (Phi) is 7.80. The number of furan rings is 2. The molecule has 0 amide bonds. The van der Waals surface area contributed by atoms with Crippen molar-refractivity contribution in [2.75, 3.05) is 0 Å². The van der Waals surface area contributed by atoms with Gasteiger partial charge in [-0.15, -0.1) is 0 Å². The van der Waals surface area contributed by atoms with Crippen molar-refractivity contribution in [1.29, 1.82) is 0 Å². The zero-order chi connectivity index (χ0) is 41.4. The summed E-state index contributed by atoms with van der Waals surface area (Å²) in [4.78, 5) is 15.4. The van der Waals surface area contributed by atoms with E-state index < -0.39 is 0 Å². The zero-order valence-electron chi connectivity index (χ0n) is 33.7. The van der Waals surface area contributed by atoms with E-state index in [1.807, 2.05) is 42.5 Å². The average molecular weight is 807 g/mol. The van der Waals surface area contributed by atoms with Crippen molar-refractivity contribution in [2.24, 2.45) is 0 Å². The lowest BCUT2D eigenvalue weighted by Crippen LogP contribution is -2.00. The van der Waals surface area contributed by atoms with E-state index in [1.54, 1.807) is 0 Å². The van der Waals surface area contributed by atoms with Crippen molar-refractivity contribution in [3.05, 3.63) is 206 Å². The molecule has 0 atom stereocenters. The van der Waals surface area contributed by atoms with Crippen LogP contribution in [0.25, 0.3) is 128 Å². The number of fused-ring (bicyclic) bond motifs is 9. The molecule has 6 nitrogen and oxygen atoms in total. The van der Waals surface area contributed by atoms with Crippen LogP contribution in [-0.2, 0) is 0 Å². The van der Waals surface area contributed by atoms with Gasteiger partial charge in [-0.05, 0) is 65.2 Å². The molecule has 9 aromatic carbocycles. The third-order valence-electron chi connectivity index (χ3n) is 12.3. The first-order chi connectivity index (χ1) is 31.2. The molecule has 0 aliphatic heterocycles. The molecule has 0 unspecified atom stereocenters.